The molecule has 0 saturated heterocycles. The van der Waals surface area contributed by atoms with Crippen LogP contribution in [-0.4, -0.2) is 5.11 Å². The van der Waals surface area contributed by atoms with E-state index in [4.69, 9.17) is 12.2 Å². The third kappa shape index (κ3) is 4.04. The van der Waals surface area contributed by atoms with Crippen molar-refractivity contribution in [3.63, 3.8) is 0 Å². The molecule has 0 saturated carbocycles. The molecule has 2 aromatic carbocycles. The molecule has 116 valence electrons. The van der Waals surface area contributed by atoms with Crippen LogP contribution in [-0.2, 0) is 0 Å². The van der Waals surface area contributed by atoms with Gasteiger partial charge < -0.3 is 10.6 Å². The van der Waals surface area contributed by atoms with Crippen LogP contribution in [0.15, 0.2) is 36.4 Å². The van der Waals surface area contributed by atoms with Gasteiger partial charge in [0, 0.05) is 5.69 Å². The monoisotopic (exact) mass is 316 g/mol. The predicted molar refractivity (Wildman–Crippen MR) is 94.8 cm³/mol. The first-order chi connectivity index (χ1) is 10.4. The lowest BCUT2D eigenvalue weighted by molar-refractivity contribution is 0.628. The fraction of sp³-hybridized carbons (Fsp3) is 0.278. The Morgan fingerprint density at radius 1 is 1.00 bits per heavy atom. The van der Waals surface area contributed by atoms with E-state index in [9.17, 15) is 4.39 Å². The van der Waals surface area contributed by atoms with Crippen molar-refractivity contribution in [1.29, 1.82) is 0 Å². The average Bonchev–Trinajstić information content (AvgIpc) is 2.45. The lowest BCUT2D eigenvalue weighted by Crippen LogP contribution is -2.31. The van der Waals surface area contributed by atoms with E-state index in [1.54, 1.807) is 12.1 Å². The van der Waals surface area contributed by atoms with Crippen LogP contribution in [0.25, 0.3) is 0 Å². The molecule has 4 heteroatoms. The maximum atomic E-state index is 12.9. The van der Waals surface area contributed by atoms with Crippen LogP contribution < -0.4 is 10.6 Å². The van der Waals surface area contributed by atoms with Crippen LogP contribution in [0.3, 0.4) is 0 Å². The van der Waals surface area contributed by atoms with E-state index in [1.165, 1.54) is 34.4 Å². The molecule has 0 fully saturated rings. The van der Waals surface area contributed by atoms with E-state index in [0.29, 0.717) is 5.11 Å². The highest BCUT2D eigenvalue weighted by atomic mass is 32.1. The highest BCUT2D eigenvalue weighted by Gasteiger charge is 2.11. The molecule has 0 aliphatic heterocycles. The molecule has 2 N–H and O–H groups in total. The van der Waals surface area contributed by atoms with Crippen LogP contribution in [0.5, 0.6) is 0 Å². The van der Waals surface area contributed by atoms with Gasteiger partial charge in [-0.05, 0) is 86.4 Å². The Balaban J connectivity index is 2.05. The zero-order chi connectivity index (χ0) is 16.3. The van der Waals surface area contributed by atoms with E-state index in [1.807, 2.05) is 0 Å². The van der Waals surface area contributed by atoms with Crippen molar-refractivity contribution in [2.24, 2.45) is 0 Å². The second kappa shape index (κ2) is 6.88. The van der Waals surface area contributed by atoms with Crippen LogP contribution in [0.1, 0.15) is 35.2 Å². The fourth-order valence-corrected chi connectivity index (χ4v) is 2.72. The maximum Gasteiger partial charge on any atom is 0.171 e. The molecule has 0 aliphatic rings. The number of halogens is 1. The van der Waals surface area contributed by atoms with Gasteiger partial charge in [0.1, 0.15) is 5.82 Å². The van der Waals surface area contributed by atoms with E-state index < -0.39 is 0 Å². The average molecular weight is 316 g/mol. The first kappa shape index (κ1) is 16.4. The molecule has 22 heavy (non-hydrogen) atoms. The molecule has 0 aromatic heterocycles. The third-order valence-electron chi connectivity index (χ3n) is 3.80. The van der Waals surface area contributed by atoms with Crippen molar-refractivity contribution in [2.45, 2.75) is 33.7 Å². The van der Waals surface area contributed by atoms with Crippen LogP contribution in [0.4, 0.5) is 10.1 Å². The zero-order valence-electron chi connectivity index (χ0n) is 13.3. The summed E-state index contributed by atoms with van der Waals surface area (Å²) in [7, 11) is 0. The van der Waals surface area contributed by atoms with Crippen LogP contribution in [0, 0.1) is 26.6 Å². The third-order valence-corrected chi connectivity index (χ3v) is 4.02. The molecule has 2 nitrogen and oxygen atoms in total. The van der Waals surface area contributed by atoms with E-state index in [-0.39, 0.29) is 11.9 Å². The van der Waals surface area contributed by atoms with Crippen LogP contribution >= 0.6 is 12.2 Å². The number of anilines is 1. The van der Waals surface area contributed by atoms with Crippen LogP contribution in [0.2, 0.25) is 0 Å². The van der Waals surface area contributed by atoms with Crippen molar-refractivity contribution in [3.8, 4) is 0 Å². The molecule has 0 amide bonds. The van der Waals surface area contributed by atoms with E-state index in [0.717, 1.165) is 5.69 Å². The van der Waals surface area contributed by atoms with Gasteiger partial charge in [0.2, 0.25) is 0 Å². The largest absolute Gasteiger partial charge is 0.356 e. The number of hydrogen-bond acceptors (Lipinski definition) is 1. The summed E-state index contributed by atoms with van der Waals surface area (Å²) < 4.78 is 12.9. The Morgan fingerprint density at radius 2 is 1.59 bits per heavy atom. The van der Waals surface area contributed by atoms with Gasteiger partial charge in [-0.25, -0.2) is 4.39 Å². The quantitative estimate of drug-likeness (QED) is 0.796. The molecule has 1 atom stereocenters. The number of aryl methyl sites for hydroxylation is 3. The summed E-state index contributed by atoms with van der Waals surface area (Å²) >= 11 is 5.33. The lowest BCUT2D eigenvalue weighted by atomic mass is 9.97. The second-order valence-corrected chi connectivity index (χ2v) is 6.03. The molecule has 2 rings (SSSR count). The highest BCUT2D eigenvalue weighted by molar-refractivity contribution is 7.80. The number of hydrogen-bond donors (Lipinski definition) is 2. The number of nitrogens with one attached hydrogen (secondary N) is 2. The van der Waals surface area contributed by atoms with Gasteiger partial charge in [0.05, 0.1) is 6.04 Å². The van der Waals surface area contributed by atoms with Crippen molar-refractivity contribution >= 4 is 23.0 Å². The lowest BCUT2D eigenvalue weighted by Gasteiger charge is -2.20. The number of benzene rings is 2. The Bertz CT molecular complexity index is 680. The van der Waals surface area contributed by atoms with Gasteiger partial charge in [-0.15, -0.1) is 0 Å². The smallest absolute Gasteiger partial charge is 0.171 e. The molecular weight excluding hydrogens is 295 g/mol. The van der Waals surface area contributed by atoms with Crippen molar-refractivity contribution in [2.75, 3.05) is 5.32 Å². The highest BCUT2D eigenvalue weighted by Crippen LogP contribution is 2.21. The molecule has 0 heterocycles. The predicted octanol–water partition coefficient (Wildman–Crippen LogP) is 4.80. The molecule has 0 bridgehead atoms. The van der Waals surface area contributed by atoms with Gasteiger partial charge in [-0.2, -0.15) is 0 Å². The van der Waals surface area contributed by atoms with E-state index >= 15 is 0 Å². The minimum Gasteiger partial charge on any atom is -0.356 e. The van der Waals surface area contributed by atoms with Gasteiger partial charge in [0.15, 0.2) is 5.11 Å². The summed E-state index contributed by atoms with van der Waals surface area (Å²) in [5, 5.41) is 6.87. The number of thiocarbonyl (C=S) groups is 1. The first-order valence-electron chi connectivity index (χ1n) is 7.27. The van der Waals surface area contributed by atoms with Crippen molar-refractivity contribution in [3.05, 3.63) is 64.5 Å². The molecule has 0 aliphatic carbocycles. The SMILES string of the molecule is Cc1cc(C)c([C@H](C)NC(=S)Nc2ccc(F)cc2)cc1C. The topological polar surface area (TPSA) is 24.1 Å². The molecular formula is C18H21FN2S. The van der Waals surface area contributed by atoms with Gasteiger partial charge >= 0.3 is 0 Å². The summed E-state index contributed by atoms with van der Waals surface area (Å²) in [4.78, 5) is 0. The fourth-order valence-electron chi connectivity index (χ4n) is 2.42. The molecule has 0 unspecified atom stereocenters. The van der Waals surface area contributed by atoms with Gasteiger partial charge in [-0.3, -0.25) is 0 Å². The minimum atomic E-state index is -0.261. The summed E-state index contributed by atoms with van der Waals surface area (Å²) in [6.45, 7) is 8.41. The Labute approximate surface area is 136 Å². The molecule has 2 aromatic rings. The Morgan fingerprint density at radius 3 is 2.23 bits per heavy atom. The Kier molecular flexibility index (Phi) is 5.14. The van der Waals surface area contributed by atoms with E-state index in [2.05, 4.69) is 50.5 Å². The van der Waals surface area contributed by atoms with Crippen molar-refractivity contribution < 1.29 is 4.39 Å². The summed E-state index contributed by atoms with van der Waals surface area (Å²) in [6, 6.07) is 10.6. The molecule has 0 radical (unpaired) electrons. The molecule has 0 spiro atoms. The Hall–Kier alpha value is -1.94. The van der Waals surface area contributed by atoms with Crippen molar-refractivity contribution in [1.82, 2.24) is 5.32 Å². The maximum absolute atomic E-state index is 12.9. The normalized spacial score (nSPS) is 11.9. The standard InChI is InChI=1S/C18H21FN2S/c1-11-9-13(3)17(10-12(11)2)14(4)20-18(22)21-16-7-5-15(19)6-8-16/h5-10,14H,1-4H3,(H2,20,21,22)/t14-/m0/s1. The second-order valence-electron chi connectivity index (χ2n) is 5.62. The summed E-state index contributed by atoms with van der Waals surface area (Å²) in [5.41, 5.74) is 5.80. The zero-order valence-corrected chi connectivity index (χ0v) is 14.1. The minimum absolute atomic E-state index is 0.0970. The number of rotatable bonds is 3. The summed E-state index contributed by atoms with van der Waals surface area (Å²) in [6.07, 6.45) is 0. The van der Waals surface area contributed by atoms with Gasteiger partial charge in [-0.1, -0.05) is 12.1 Å². The first-order valence-corrected chi connectivity index (χ1v) is 7.68. The van der Waals surface area contributed by atoms with Gasteiger partial charge in [0.25, 0.3) is 0 Å². The summed E-state index contributed by atoms with van der Waals surface area (Å²) in [5.74, 6) is -0.261.